The first kappa shape index (κ1) is 30.4. The van der Waals surface area contributed by atoms with Crippen molar-refractivity contribution in [2.24, 2.45) is 0 Å². The second kappa shape index (κ2) is 11.5. The van der Waals surface area contributed by atoms with Gasteiger partial charge in [-0.1, -0.05) is 69.6 Å². The fourth-order valence-electron chi connectivity index (χ4n) is 4.08. The molecule has 0 saturated carbocycles. The summed E-state index contributed by atoms with van der Waals surface area (Å²) in [6.07, 6.45) is -2.42. The molecule has 3 atom stereocenters. The van der Waals surface area contributed by atoms with Gasteiger partial charge in [0.05, 0.1) is 19.6 Å². The Balaban J connectivity index is 1.69. The molecule has 2 heterocycles. The van der Waals surface area contributed by atoms with Crippen LogP contribution in [0.2, 0.25) is 0 Å². The van der Waals surface area contributed by atoms with Gasteiger partial charge in [0.15, 0.2) is 5.79 Å². The molecule has 3 rings (SSSR count). The van der Waals surface area contributed by atoms with Gasteiger partial charge in [-0.15, -0.1) is 0 Å². The number of benzene rings is 1. The summed E-state index contributed by atoms with van der Waals surface area (Å²) >= 11 is 35.0. The van der Waals surface area contributed by atoms with Crippen LogP contribution < -0.4 is 20.4 Å². The normalized spacial score (nSPS) is 24.0. The Morgan fingerprint density at radius 2 is 1.73 bits per heavy atom. The SMILES string of the molecule is CC(=O)NCC1CN(c2ccc(N3CCN(C(NC(=O)C(Cl)(Cl)Cl)C(Cl)(Cl)Cl)C(C)(F)C3)cc2)C(=O)O1. The molecule has 0 radical (unpaired) electrons. The van der Waals surface area contributed by atoms with Crippen LogP contribution in [-0.4, -0.2) is 81.2 Å². The molecule has 9 nitrogen and oxygen atoms in total. The molecule has 3 amide bonds. The van der Waals surface area contributed by atoms with Crippen LogP contribution in [0.25, 0.3) is 0 Å². The maximum atomic E-state index is 15.9. The van der Waals surface area contributed by atoms with Crippen molar-refractivity contribution < 1.29 is 23.5 Å². The molecular weight excluding hydrogens is 618 g/mol. The van der Waals surface area contributed by atoms with E-state index in [1.165, 1.54) is 23.6 Å². The summed E-state index contributed by atoms with van der Waals surface area (Å²) < 4.78 is 16.7. The Labute approximate surface area is 243 Å². The molecule has 2 aliphatic heterocycles. The fourth-order valence-corrected chi connectivity index (χ4v) is 4.76. The minimum atomic E-state index is -2.34. The summed E-state index contributed by atoms with van der Waals surface area (Å²) in [4.78, 5) is 40.0. The molecule has 0 bridgehead atoms. The van der Waals surface area contributed by atoms with Crippen molar-refractivity contribution in [3.63, 3.8) is 0 Å². The van der Waals surface area contributed by atoms with Gasteiger partial charge >= 0.3 is 6.09 Å². The van der Waals surface area contributed by atoms with Crippen molar-refractivity contribution in [2.45, 2.75) is 39.5 Å². The standard InChI is InChI=1S/C21H24Cl6FN5O4/c1-12(34)29-9-15-10-32(18(36)37-15)14-5-3-13(4-6-14)31-7-8-33(19(2,28)11-31)16(20(22,23)24)30-17(35)21(25,26)27/h3-6,15-16H,7-11H2,1-2H3,(H,29,34)(H,30,35). The molecule has 0 aliphatic carbocycles. The Kier molecular flexibility index (Phi) is 9.48. The number of cyclic esters (lactones) is 1. The van der Waals surface area contributed by atoms with E-state index in [2.05, 4.69) is 10.6 Å². The molecule has 2 aliphatic rings. The number of anilines is 2. The summed E-state index contributed by atoms with van der Waals surface area (Å²) in [5.41, 5.74) is 1.27. The molecule has 16 heteroatoms. The molecular formula is C21H24Cl6FN5O4. The van der Waals surface area contributed by atoms with Crippen LogP contribution in [0.5, 0.6) is 0 Å². The minimum Gasteiger partial charge on any atom is -0.442 e. The maximum absolute atomic E-state index is 15.9. The van der Waals surface area contributed by atoms with Crippen LogP contribution in [0.3, 0.4) is 0 Å². The molecule has 0 aromatic heterocycles. The van der Waals surface area contributed by atoms with Crippen molar-refractivity contribution in [3.05, 3.63) is 24.3 Å². The van der Waals surface area contributed by atoms with E-state index >= 15 is 4.39 Å². The average molecular weight is 642 g/mol. The van der Waals surface area contributed by atoms with Crippen LogP contribution in [0.1, 0.15) is 13.8 Å². The predicted molar refractivity (Wildman–Crippen MR) is 144 cm³/mol. The lowest BCUT2D eigenvalue weighted by molar-refractivity contribution is -0.126. The Hall–Kier alpha value is -1.14. The topological polar surface area (TPSA) is 94.2 Å². The van der Waals surface area contributed by atoms with Crippen molar-refractivity contribution in [1.29, 1.82) is 0 Å². The van der Waals surface area contributed by atoms with E-state index in [0.29, 0.717) is 17.9 Å². The third-order valence-corrected chi connectivity index (χ3v) is 6.95. The minimum absolute atomic E-state index is 0.0523. The van der Waals surface area contributed by atoms with Gasteiger partial charge in [0.25, 0.3) is 9.70 Å². The highest BCUT2D eigenvalue weighted by Crippen LogP contribution is 2.39. The van der Waals surface area contributed by atoms with E-state index in [1.807, 2.05) is 0 Å². The van der Waals surface area contributed by atoms with Gasteiger partial charge in [0, 0.05) is 31.4 Å². The number of hydrogen-bond donors (Lipinski definition) is 2. The second-order valence-electron chi connectivity index (χ2n) is 8.74. The summed E-state index contributed by atoms with van der Waals surface area (Å²) in [5.74, 6) is -3.35. The quantitative estimate of drug-likeness (QED) is 0.358. The fraction of sp³-hybridized carbons (Fsp3) is 0.571. The number of amides is 3. The highest BCUT2D eigenvalue weighted by molar-refractivity contribution is 6.76. The zero-order valence-corrected chi connectivity index (χ0v) is 24.2. The first-order valence-electron chi connectivity index (χ1n) is 11.0. The van der Waals surface area contributed by atoms with E-state index in [9.17, 15) is 14.4 Å². The number of carbonyl (C=O) groups is 3. The van der Waals surface area contributed by atoms with Gasteiger partial charge in [0.1, 0.15) is 12.3 Å². The third kappa shape index (κ3) is 7.71. The van der Waals surface area contributed by atoms with E-state index in [-0.39, 0.29) is 32.1 Å². The Bertz CT molecular complexity index is 1020. The number of halogens is 7. The lowest BCUT2D eigenvalue weighted by Gasteiger charge is -2.49. The Morgan fingerprint density at radius 1 is 1.14 bits per heavy atom. The zero-order chi connectivity index (χ0) is 27.8. The number of alkyl halides is 7. The largest absolute Gasteiger partial charge is 0.442 e. The first-order valence-corrected chi connectivity index (χ1v) is 13.2. The van der Waals surface area contributed by atoms with Crippen LogP contribution in [0.4, 0.5) is 20.6 Å². The monoisotopic (exact) mass is 639 g/mol. The van der Waals surface area contributed by atoms with E-state index in [0.717, 1.165) is 0 Å². The number of nitrogens with zero attached hydrogens (tertiary/aromatic N) is 3. The number of hydrogen-bond acceptors (Lipinski definition) is 6. The first-order chi connectivity index (χ1) is 17.0. The predicted octanol–water partition coefficient (Wildman–Crippen LogP) is 4.14. The molecule has 2 saturated heterocycles. The van der Waals surface area contributed by atoms with Crippen LogP contribution >= 0.6 is 69.6 Å². The number of rotatable bonds is 6. The van der Waals surface area contributed by atoms with Crippen LogP contribution in [-0.2, 0) is 14.3 Å². The van der Waals surface area contributed by atoms with E-state index in [4.69, 9.17) is 74.3 Å². The van der Waals surface area contributed by atoms with Gasteiger partial charge < -0.3 is 20.3 Å². The number of piperazine rings is 1. The van der Waals surface area contributed by atoms with Crippen molar-refractivity contribution in [3.8, 4) is 0 Å². The highest BCUT2D eigenvalue weighted by Gasteiger charge is 2.50. The zero-order valence-electron chi connectivity index (χ0n) is 19.6. The molecule has 206 valence electrons. The summed E-state index contributed by atoms with van der Waals surface area (Å²) in [7, 11) is 0. The molecule has 2 N–H and O–H groups in total. The van der Waals surface area contributed by atoms with E-state index < -0.39 is 37.6 Å². The van der Waals surface area contributed by atoms with Gasteiger partial charge in [0.2, 0.25) is 9.70 Å². The van der Waals surface area contributed by atoms with Crippen LogP contribution in [0, 0.1) is 0 Å². The van der Waals surface area contributed by atoms with E-state index in [1.54, 1.807) is 29.2 Å². The number of ether oxygens (including phenoxy) is 1. The van der Waals surface area contributed by atoms with Crippen molar-refractivity contribution in [1.82, 2.24) is 15.5 Å². The van der Waals surface area contributed by atoms with Crippen molar-refractivity contribution >= 4 is 98.9 Å². The van der Waals surface area contributed by atoms with Gasteiger partial charge in [-0.05, 0) is 31.2 Å². The lowest BCUT2D eigenvalue weighted by atomic mass is 10.1. The maximum Gasteiger partial charge on any atom is 0.414 e. The average Bonchev–Trinajstić information content (AvgIpc) is 3.15. The molecule has 0 spiro atoms. The van der Waals surface area contributed by atoms with Gasteiger partial charge in [-0.25, -0.2) is 14.1 Å². The molecule has 1 aromatic rings. The van der Waals surface area contributed by atoms with Crippen LogP contribution in [0.15, 0.2) is 24.3 Å². The Morgan fingerprint density at radius 3 is 2.24 bits per heavy atom. The number of carbonyl (C=O) groups excluding carboxylic acids is 3. The highest BCUT2D eigenvalue weighted by atomic mass is 35.6. The summed E-state index contributed by atoms with van der Waals surface area (Å²) in [6, 6.07) is 6.91. The molecule has 3 unspecified atom stereocenters. The van der Waals surface area contributed by atoms with Gasteiger partial charge in [-0.2, -0.15) is 0 Å². The molecule has 1 aromatic carbocycles. The molecule has 37 heavy (non-hydrogen) atoms. The second-order valence-corrected chi connectivity index (χ2v) is 13.4. The smallest absolute Gasteiger partial charge is 0.414 e. The summed E-state index contributed by atoms with van der Waals surface area (Å²) in [5, 5.41) is 4.92. The molecule has 2 fully saturated rings. The number of nitrogens with one attached hydrogen (secondary N) is 2. The summed E-state index contributed by atoms with van der Waals surface area (Å²) in [6.45, 7) is 3.38. The van der Waals surface area contributed by atoms with Gasteiger partial charge in [-0.3, -0.25) is 14.5 Å². The third-order valence-electron chi connectivity index (χ3n) is 5.82. The van der Waals surface area contributed by atoms with Crippen molar-refractivity contribution in [2.75, 3.05) is 42.5 Å². The lowest BCUT2D eigenvalue weighted by Crippen LogP contribution is -2.68.